The number of anilines is 2. The Morgan fingerprint density at radius 3 is 2.67 bits per heavy atom. The van der Waals surface area contributed by atoms with Crippen LogP contribution in [0.3, 0.4) is 0 Å². The monoisotopic (exact) mass is 298 g/mol. The molecule has 21 heavy (non-hydrogen) atoms. The van der Waals surface area contributed by atoms with Gasteiger partial charge in [-0.15, -0.1) is 11.8 Å². The fraction of sp³-hybridized carbons (Fsp3) is 0.235. The lowest BCUT2D eigenvalue weighted by molar-refractivity contribution is -0.117. The Bertz CT molecular complexity index is 654. The molecule has 4 heteroatoms. The summed E-state index contributed by atoms with van der Waals surface area (Å²) in [6.07, 6.45) is 0.946. The summed E-state index contributed by atoms with van der Waals surface area (Å²) in [6, 6.07) is 15.8. The molecule has 1 aliphatic rings. The third-order valence-corrected chi connectivity index (χ3v) is 4.79. The van der Waals surface area contributed by atoms with Gasteiger partial charge in [0.05, 0.1) is 5.25 Å². The molecule has 1 heterocycles. The molecule has 1 atom stereocenters. The zero-order chi connectivity index (χ0) is 14.8. The molecule has 0 saturated heterocycles. The predicted molar refractivity (Wildman–Crippen MR) is 88.7 cm³/mol. The standard InChI is InChI=1S/C17H18N2OS/c1-12(21-15-8-6-14(18)7-9-15)17(20)19-11-10-13-4-2-3-5-16(13)19/h2-9,12H,10-11,18H2,1H3/t12-/m0/s1. The Hall–Kier alpha value is -1.94. The number of carbonyl (C=O) groups is 1. The van der Waals surface area contributed by atoms with Gasteiger partial charge in [-0.05, 0) is 49.2 Å². The highest BCUT2D eigenvalue weighted by atomic mass is 32.2. The number of para-hydroxylation sites is 1. The summed E-state index contributed by atoms with van der Waals surface area (Å²) in [4.78, 5) is 15.6. The Labute approximate surface area is 129 Å². The molecule has 0 aliphatic carbocycles. The molecule has 1 amide bonds. The summed E-state index contributed by atoms with van der Waals surface area (Å²) in [7, 11) is 0. The van der Waals surface area contributed by atoms with Gasteiger partial charge in [0.2, 0.25) is 5.91 Å². The lowest BCUT2D eigenvalue weighted by atomic mass is 10.2. The Morgan fingerprint density at radius 2 is 1.90 bits per heavy atom. The smallest absolute Gasteiger partial charge is 0.240 e. The van der Waals surface area contributed by atoms with E-state index in [1.54, 1.807) is 11.8 Å². The van der Waals surface area contributed by atoms with Crippen LogP contribution in [0.25, 0.3) is 0 Å². The molecule has 0 unspecified atom stereocenters. The lowest BCUT2D eigenvalue weighted by Crippen LogP contribution is -2.35. The average molecular weight is 298 g/mol. The first kappa shape index (κ1) is 14.0. The summed E-state index contributed by atoms with van der Waals surface area (Å²) in [5.74, 6) is 0.168. The van der Waals surface area contributed by atoms with E-state index >= 15 is 0 Å². The van der Waals surface area contributed by atoms with Crippen LogP contribution in [0.15, 0.2) is 53.4 Å². The van der Waals surface area contributed by atoms with Crippen LogP contribution in [0.2, 0.25) is 0 Å². The molecule has 0 bridgehead atoms. The van der Waals surface area contributed by atoms with Crippen molar-refractivity contribution in [3.8, 4) is 0 Å². The highest BCUT2D eigenvalue weighted by Gasteiger charge is 2.28. The van der Waals surface area contributed by atoms with E-state index in [0.29, 0.717) is 0 Å². The maximum absolute atomic E-state index is 12.7. The van der Waals surface area contributed by atoms with Gasteiger partial charge in [0, 0.05) is 22.8 Å². The zero-order valence-electron chi connectivity index (χ0n) is 12.0. The van der Waals surface area contributed by atoms with Crippen LogP contribution in [-0.4, -0.2) is 17.7 Å². The van der Waals surface area contributed by atoms with Gasteiger partial charge in [0.1, 0.15) is 0 Å². The number of hydrogen-bond acceptors (Lipinski definition) is 3. The highest BCUT2D eigenvalue weighted by molar-refractivity contribution is 8.00. The van der Waals surface area contributed by atoms with Crippen molar-refractivity contribution in [2.45, 2.75) is 23.5 Å². The molecule has 3 rings (SSSR count). The van der Waals surface area contributed by atoms with E-state index in [1.165, 1.54) is 5.56 Å². The summed E-state index contributed by atoms with van der Waals surface area (Å²) in [5.41, 5.74) is 8.75. The van der Waals surface area contributed by atoms with Crippen LogP contribution in [-0.2, 0) is 11.2 Å². The van der Waals surface area contributed by atoms with E-state index < -0.39 is 0 Å². The largest absolute Gasteiger partial charge is 0.399 e. The number of hydrogen-bond donors (Lipinski definition) is 1. The minimum atomic E-state index is -0.111. The zero-order valence-corrected chi connectivity index (χ0v) is 12.8. The molecule has 2 aromatic rings. The lowest BCUT2D eigenvalue weighted by Gasteiger charge is -2.21. The summed E-state index contributed by atoms with van der Waals surface area (Å²) >= 11 is 1.58. The van der Waals surface area contributed by atoms with Crippen molar-refractivity contribution in [1.82, 2.24) is 0 Å². The molecule has 0 radical (unpaired) electrons. The first-order chi connectivity index (χ1) is 10.1. The molecule has 3 nitrogen and oxygen atoms in total. The van der Waals surface area contributed by atoms with Crippen molar-refractivity contribution in [3.63, 3.8) is 0 Å². The minimum absolute atomic E-state index is 0.111. The van der Waals surface area contributed by atoms with Crippen molar-refractivity contribution < 1.29 is 4.79 Å². The van der Waals surface area contributed by atoms with Crippen molar-refractivity contribution >= 4 is 29.0 Å². The SMILES string of the molecule is C[C@H](Sc1ccc(N)cc1)C(=O)N1CCc2ccccc21. The van der Waals surface area contributed by atoms with Gasteiger partial charge < -0.3 is 10.6 Å². The topological polar surface area (TPSA) is 46.3 Å². The molecular weight excluding hydrogens is 280 g/mol. The van der Waals surface area contributed by atoms with Crippen molar-refractivity contribution in [2.24, 2.45) is 0 Å². The number of rotatable bonds is 3. The molecule has 108 valence electrons. The van der Waals surface area contributed by atoms with Gasteiger partial charge in [-0.1, -0.05) is 18.2 Å². The highest BCUT2D eigenvalue weighted by Crippen LogP contribution is 2.31. The molecule has 1 aliphatic heterocycles. The number of nitrogen functional groups attached to an aromatic ring is 1. The predicted octanol–water partition coefficient (Wildman–Crippen LogP) is 3.34. The maximum atomic E-state index is 12.7. The second-order valence-corrected chi connectivity index (χ2v) is 6.61. The Balaban J connectivity index is 1.72. The second kappa shape index (κ2) is 5.82. The molecule has 2 aromatic carbocycles. The van der Waals surface area contributed by atoms with Crippen molar-refractivity contribution in [3.05, 3.63) is 54.1 Å². The number of nitrogens with zero attached hydrogens (tertiary/aromatic N) is 1. The number of amides is 1. The van der Waals surface area contributed by atoms with Crippen LogP contribution in [0, 0.1) is 0 Å². The maximum Gasteiger partial charge on any atom is 0.240 e. The summed E-state index contributed by atoms with van der Waals surface area (Å²) < 4.78 is 0. The van der Waals surface area contributed by atoms with Gasteiger partial charge in [0.25, 0.3) is 0 Å². The van der Waals surface area contributed by atoms with E-state index in [4.69, 9.17) is 5.73 Å². The van der Waals surface area contributed by atoms with Gasteiger partial charge >= 0.3 is 0 Å². The number of thioether (sulfide) groups is 1. The Morgan fingerprint density at radius 1 is 1.19 bits per heavy atom. The molecule has 2 N–H and O–H groups in total. The molecule has 0 saturated carbocycles. The van der Waals surface area contributed by atoms with E-state index in [1.807, 2.05) is 54.3 Å². The van der Waals surface area contributed by atoms with E-state index in [0.717, 1.165) is 29.2 Å². The quantitative estimate of drug-likeness (QED) is 0.698. The number of benzene rings is 2. The van der Waals surface area contributed by atoms with Gasteiger partial charge in [0.15, 0.2) is 0 Å². The molecule has 0 fully saturated rings. The van der Waals surface area contributed by atoms with E-state index in [9.17, 15) is 4.79 Å². The third kappa shape index (κ3) is 2.90. The van der Waals surface area contributed by atoms with Crippen LogP contribution >= 0.6 is 11.8 Å². The fourth-order valence-electron chi connectivity index (χ4n) is 2.59. The second-order valence-electron chi connectivity index (χ2n) is 5.20. The van der Waals surface area contributed by atoms with E-state index in [-0.39, 0.29) is 11.2 Å². The Kier molecular flexibility index (Phi) is 3.88. The van der Waals surface area contributed by atoms with Crippen LogP contribution in [0.5, 0.6) is 0 Å². The van der Waals surface area contributed by atoms with Crippen LogP contribution < -0.4 is 10.6 Å². The normalized spacial score (nSPS) is 14.8. The van der Waals surface area contributed by atoms with Crippen molar-refractivity contribution in [2.75, 3.05) is 17.2 Å². The van der Waals surface area contributed by atoms with Crippen LogP contribution in [0.1, 0.15) is 12.5 Å². The van der Waals surface area contributed by atoms with Gasteiger partial charge in [-0.25, -0.2) is 0 Å². The van der Waals surface area contributed by atoms with Gasteiger partial charge in [-0.3, -0.25) is 4.79 Å². The average Bonchev–Trinajstić information content (AvgIpc) is 2.92. The van der Waals surface area contributed by atoms with Gasteiger partial charge in [-0.2, -0.15) is 0 Å². The minimum Gasteiger partial charge on any atom is -0.399 e. The first-order valence-electron chi connectivity index (χ1n) is 7.06. The summed E-state index contributed by atoms with van der Waals surface area (Å²) in [5, 5.41) is -0.111. The third-order valence-electron chi connectivity index (χ3n) is 3.69. The first-order valence-corrected chi connectivity index (χ1v) is 7.94. The van der Waals surface area contributed by atoms with Crippen LogP contribution in [0.4, 0.5) is 11.4 Å². The number of fused-ring (bicyclic) bond motifs is 1. The summed E-state index contributed by atoms with van der Waals surface area (Å²) in [6.45, 7) is 2.75. The number of carbonyl (C=O) groups excluding carboxylic acids is 1. The molecular formula is C17H18N2OS. The fourth-order valence-corrected chi connectivity index (χ4v) is 3.52. The number of nitrogens with two attached hydrogens (primary N) is 1. The van der Waals surface area contributed by atoms with E-state index in [2.05, 4.69) is 6.07 Å². The molecule has 0 aromatic heterocycles. The van der Waals surface area contributed by atoms with Crippen molar-refractivity contribution in [1.29, 1.82) is 0 Å². The molecule has 0 spiro atoms.